The lowest BCUT2D eigenvalue weighted by atomic mass is 9.98. The number of pyridine rings is 1. The Hall–Kier alpha value is -4.26. The molecule has 2 heterocycles. The van der Waals surface area contributed by atoms with Crippen LogP contribution in [0.25, 0.3) is 33.3 Å². The quantitative estimate of drug-likeness (QED) is 0.373. The van der Waals surface area contributed by atoms with Gasteiger partial charge in [-0.3, -0.25) is 4.99 Å². The molecule has 7 heteroatoms. The number of carboxylic acid groups (broad SMARTS) is 1. The molecule has 1 atom stereocenters. The largest absolute Gasteiger partial charge is 0.494 e. The van der Waals surface area contributed by atoms with Gasteiger partial charge in [-0.25, -0.2) is 14.2 Å². The zero-order chi connectivity index (χ0) is 24.4. The van der Waals surface area contributed by atoms with E-state index in [1.165, 1.54) is 12.1 Å². The summed E-state index contributed by atoms with van der Waals surface area (Å²) in [5.41, 5.74) is 5.28. The lowest BCUT2D eigenvalue weighted by Gasteiger charge is -2.18. The first kappa shape index (κ1) is 22.5. The van der Waals surface area contributed by atoms with Gasteiger partial charge < -0.3 is 15.2 Å². The Balaban J connectivity index is 1.58. The molecule has 1 unspecified atom stereocenters. The van der Waals surface area contributed by atoms with Gasteiger partial charge in [-0.15, -0.1) is 0 Å². The van der Waals surface area contributed by atoms with Gasteiger partial charge in [-0.2, -0.15) is 0 Å². The SMILES string of the molecule is CCCOc1cccc(-c2ccc(-c3nc4ccc(F)cc4c4c3C=NCC(C(=O)O)N4)cc2)c1. The number of hydrogen-bond acceptors (Lipinski definition) is 5. The van der Waals surface area contributed by atoms with Crippen LogP contribution >= 0.6 is 0 Å². The van der Waals surface area contributed by atoms with Crippen molar-refractivity contribution >= 4 is 28.8 Å². The standard InChI is InChI=1S/C28H24FN3O3/c1-2-12-35-21-5-3-4-19(13-21)17-6-8-18(9-7-17)26-23-15-30-16-25(28(33)34)32-27(23)22-14-20(29)10-11-24(22)31-26/h3-11,13-15,25,32H,2,12,16H2,1H3,(H,33,34). The zero-order valence-corrected chi connectivity index (χ0v) is 19.2. The lowest BCUT2D eigenvalue weighted by molar-refractivity contribution is -0.137. The van der Waals surface area contributed by atoms with Crippen LogP contribution in [0.2, 0.25) is 0 Å². The van der Waals surface area contributed by atoms with Crippen molar-refractivity contribution in [1.29, 1.82) is 0 Å². The van der Waals surface area contributed by atoms with Crippen molar-refractivity contribution in [3.8, 4) is 28.1 Å². The Morgan fingerprint density at radius 2 is 1.89 bits per heavy atom. The third-order valence-corrected chi connectivity index (χ3v) is 5.91. The molecule has 35 heavy (non-hydrogen) atoms. The molecule has 0 fully saturated rings. The fourth-order valence-corrected chi connectivity index (χ4v) is 4.17. The van der Waals surface area contributed by atoms with E-state index in [-0.39, 0.29) is 6.54 Å². The second-order valence-electron chi connectivity index (χ2n) is 8.39. The maximum atomic E-state index is 14.1. The van der Waals surface area contributed by atoms with E-state index in [0.717, 1.165) is 28.9 Å². The Morgan fingerprint density at radius 1 is 1.09 bits per heavy atom. The minimum absolute atomic E-state index is 0.0651. The smallest absolute Gasteiger partial charge is 0.328 e. The number of carboxylic acids is 1. The number of fused-ring (bicyclic) bond motifs is 3. The zero-order valence-electron chi connectivity index (χ0n) is 19.2. The number of halogens is 1. The molecule has 6 nitrogen and oxygen atoms in total. The number of rotatable bonds is 6. The first-order valence-corrected chi connectivity index (χ1v) is 11.5. The number of aromatic nitrogens is 1. The fourth-order valence-electron chi connectivity index (χ4n) is 4.17. The number of aliphatic carboxylic acids is 1. The molecule has 1 aromatic heterocycles. The summed E-state index contributed by atoms with van der Waals surface area (Å²) in [5, 5.41) is 13.1. The summed E-state index contributed by atoms with van der Waals surface area (Å²) >= 11 is 0. The molecule has 0 aliphatic carbocycles. The van der Waals surface area contributed by atoms with Crippen molar-refractivity contribution in [3.05, 3.63) is 78.1 Å². The average molecular weight is 470 g/mol. The summed E-state index contributed by atoms with van der Waals surface area (Å²) < 4.78 is 19.8. The van der Waals surface area contributed by atoms with Crippen LogP contribution in [0.5, 0.6) is 5.75 Å². The Labute approximate surface area is 202 Å². The van der Waals surface area contributed by atoms with Crippen molar-refractivity contribution in [1.82, 2.24) is 4.98 Å². The molecule has 4 aromatic rings. The summed E-state index contributed by atoms with van der Waals surface area (Å²) in [5.74, 6) is -0.608. The van der Waals surface area contributed by atoms with Gasteiger partial charge in [-0.05, 0) is 47.9 Å². The molecule has 1 aliphatic heterocycles. The molecule has 0 spiro atoms. The van der Waals surface area contributed by atoms with Gasteiger partial charge in [0, 0.05) is 22.7 Å². The number of benzene rings is 3. The molecule has 3 aromatic carbocycles. The maximum Gasteiger partial charge on any atom is 0.328 e. The van der Waals surface area contributed by atoms with Crippen molar-refractivity contribution in [3.63, 3.8) is 0 Å². The number of carbonyl (C=O) groups is 1. The molecule has 0 amide bonds. The third kappa shape index (κ3) is 4.57. The Bertz CT molecular complexity index is 1430. The van der Waals surface area contributed by atoms with E-state index in [4.69, 9.17) is 9.72 Å². The van der Waals surface area contributed by atoms with E-state index in [0.29, 0.717) is 34.5 Å². The minimum atomic E-state index is -1.02. The molecule has 176 valence electrons. The van der Waals surface area contributed by atoms with Crippen LogP contribution in [0.4, 0.5) is 10.1 Å². The highest BCUT2D eigenvalue weighted by Gasteiger charge is 2.24. The second-order valence-corrected chi connectivity index (χ2v) is 8.39. The minimum Gasteiger partial charge on any atom is -0.494 e. The Morgan fingerprint density at radius 3 is 2.66 bits per heavy atom. The van der Waals surface area contributed by atoms with Crippen LogP contribution in [0, 0.1) is 5.82 Å². The molecule has 0 saturated heterocycles. The van der Waals surface area contributed by atoms with Crippen LogP contribution in [-0.2, 0) is 4.79 Å². The van der Waals surface area contributed by atoms with Crippen LogP contribution in [0.3, 0.4) is 0 Å². The highest BCUT2D eigenvalue weighted by molar-refractivity contribution is 6.07. The van der Waals surface area contributed by atoms with E-state index in [9.17, 15) is 14.3 Å². The molecule has 1 aliphatic rings. The van der Waals surface area contributed by atoms with Gasteiger partial charge in [0.2, 0.25) is 0 Å². The summed E-state index contributed by atoms with van der Waals surface area (Å²) in [6.45, 7) is 2.81. The van der Waals surface area contributed by atoms with E-state index in [1.54, 1.807) is 12.3 Å². The van der Waals surface area contributed by atoms with Crippen LogP contribution in [-0.4, -0.2) is 41.5 Å². The van der Waals surface area contributed by atoms with Crippen LogP contribution in [0.15, 0.2) is 71.7 Å². The number of hydrogen-bond donors (Lipinski definition) is 2. The first-order chi connectivity index (χ1) is 17.0. The molecule has 2 N–H and O–H groups in total. The lowest BCUT2D eigenvalue weighted by Crippen LogP contribution is -2.31. The molecule has 0 saturated carbocycles. The number of aliphatic imine (C=N–C) groups is 1. The Kier molecular flexibility index (Phi) is 6.14. The predicted molar refractivity (Wildman–Crippen MR) is 136 cm³/mol. The molecular formula is C28H24FN3O3. The molecular weight excluding hydrogens is 445 g/mol. The third-order valence-electron chi connectivity index (χ3n) is 5.91. The van der Waals surface area contributed by atoms with Crippen molar-refractivity contribution in [2.75, 3.05) is 18.5 Å². The van der Waals surface area contributed by atoms with Gasteiger partial charge in [-0.1, -0.05) is 43.3 Å². The van der Waals surface area contributed by atoms with Gasteiger partial charge in [0.05, 0.1) is 30.0 Å². The van der Waals surface area contributed by atoms with Crippen molar-refractivity contribution in [2.24, 2.45) is 4.99 Å². The monoisotopic (exact) mass is 469 g/mol. The summed E-state index contributed by atoms with van der Waals surface area (Å²) in [6, 6.07) is 19.3. The van der Waals surface area contributed by atoms with E-state index in [1.807, 2.05) is 48.5 Å². The van der Waals surface area contributed by atoms with Crippen molar-refractivity contribution < 1.29 is 19.0 Å². The number of ether oxygens (including phenoxy) is 1. The number of nitrogens with zero attached hydrogens (tertiary/aromatic N) is 2. The molecule has 0 bridgehead atoms. The van der Waals surface area contributed by atoms with E-state index >= 15 is 0 Å². The first-order valence-electron chi connectivity index (χ1n) is 11.5. The summed E-state index contributed by atoms with van der Waals surface area (Å²) in [7, 11) is 0. The molecule has 0 radical (unpaired) electrons. The maximum absolute atomic E-state index is 14.1. The predicted octanol–water partition coefficient (Wildman–Crippen LogP) is 5.79. The fraction of sp³-hybridized carbons (Fsp3) is 0.179. The topological polar surface area (TPSA) is 83.8 Å². The van der Waals surface area contributed by atoms with Crippen LogP contribution < -0.4 is 10.1 Å². The van der Waals surface area contributed by atoms with Gasteiger partial charge in [0.25, 0.3) is 0 Å². The van der Waals surface area contributed by atoms with Gasteiger partial charge in [0.1, 0.15) is 17.6 Å². The van der Waals surface area contributed by atoms with Crippen molar-refractivity contribution in [2.45, 2.75) is 19.4 Å². The number of anilines is 1. The highest BCUT2D eigenvalue weighted by Crippen LogP contribution is 2.36. The van der Waals surface area contributed by atoms with Gasteiger partial charge in [0.15, 0.2) is 0 Å². The average Bonchev–Trinajstić information content (AvgIpc) is 3.11. The second kappa shape index (κ2) is 9.54. The summed E-state index contributed by atoms with van der Waals surface area (Å²) in [6.07, 6.45) is 2.57. The van der Waals surface area contributed by atoms with E-state index < -0.39 is 17.8 Å². The number of nitrogens with one attached hydrogen (secondary N) is 1. The highest BCUT2D eigenvalue weighted by atomic mass is 19.1. The van der Waals surface area contributed by atoms with E-state index in [2.05, 4.69) is 17.2 Å². The molecule has 5 rings (SSSR count). The van der Waals surface area contributed by atoms with Crippen LogP contribution in [0.1, 0.15) is 18.9 Å². The normalized spacial score (nSPS) is 14.7. The van der Waals surface area contributed by atoms with Gasteiger partial charge >= 0.3 is 5.97 Å². The summed E-state index contributed by atoms with van der Waals surface area (Å²) in [4.78, 5) is 20.8.